The fourth-order valence-electron chi connectivity index (χ4n) is 2.57. The fraction of sp³-hybridized carbons (Fsp3) is 0.846. The van der Waals surface area contributed by atoms with Gasteiger partial charge in [0.15, 0.2) is 0 Å². The van der Waals surface area contributed by atoms with Crippen molar-refractivity contribution in [3.05, 3.63) is 12.3 Å². The standard InChI is InChI=1S/C13H24N2O/c1-11(2)14-6-8-15(9-7-14)12(3)13-5-4-10-16-13/h11,13H,3-10H2,1-2H3/t13-/m0/s1. The van der Waals surface area contributed by atoms with Crippen LogP contribution in [0.3, 0.4) is 0 Å². The van der Waals surface area contributed by atoms with Crippen molar-refractivity contribution in [2.45, 2.75) is 38.8 Å². The molecule has 3 heteroatoms. The first-order valence-corrected chi connectivity index (χ1v) is 6.48. The predicted molar refractivity (Wildman–Crippen MR) is 66.4 cm³/mol. The molecule has 0 radical (unpaired) electrons. The third kappa shape index (κ3) is 2.58. The summed E-state index contributed by atoms with van der Waals surface area (Å²) in [6.07, 6.45) is 2.64. The first kappa shape index (κ1) is 11.9. The summed E-state index contributed by atoms with van der Waals surface area (Å²) in [7, 11) is 0. The van der Waals surface area contributed by atoms with Crippen LogP contribution in [0, 0.1) is 0 Å². The van der Waals surface area contributed by atoms with Crippen LogP contribution in [0.2, 0.25) is 0 Å². The summed E-state index contributed by atoms with van der Waals surface area (Å²) in [5, 5.41) is 0. The molecule has 0 spiro atoms. The van der Waals surface area contributed by atoms with Crippen LogP contribution < -0.4 is 0 Å². The zero-order valence-electron chi connectivity index (χ0n) is 10.6. The fourth-order valence-corrected chi connectivity index (χ4v) is 2.57. The minimum Gasteiger partial charge on any atom is -0.372 e. The molecule has 2 rings (SSSR count). The van der Waals surface area contributed by atoms with E-state index in [0.717, 1.165) is 39.2 Å². The van der Waals surface area contributed by atoms with Crippen molar-refractivity contribution < 1.29 is 4.74 Å². The van der Waals surface area contributed by atoms with Gasteiger partial charge in [-0.15, -0.1) is 0 Å². The van der Waals surface area contributed by atoms with Gasteiger partial charge < -0.3 is 9.64 Å². The molecule has 0 saturated carbocycles. The summed E-state index contributed by atoms with van der Waals surface area (Å²) >= 11 is 0. The van der Waals surface area contributed by atoms with Crippen molar-refractivity contribution in [3.8, 4) is 0 Å². The number of nitrogens with zero attached hydrogens (tertiary/aromatic N) is 2. The second kappa shape index (κ2) is 5.19. The summed E-state index contributed by atoms with van der Waals surface area (Å²) in [5.74, 6) is 0. The third-order valence-corrected chi connectivity index (χ3v) is 3.75. The van der Waals surface area contributed by atoms with Gasteiger partial charge in [0.05, 0.1) is 6.10 Å². The van der Waals surface area contributed by atoms with E-state index in [1.807, 2.05) is 0 Å². The summed E-state index contributed by atoms with van der Waals surface area (Å²) in [5.41, 5.74) is 1.21. The monoisotopic (exact) mass is 224 g/mol. The number of rotatable bonds is 3. The van der Waals surface area contributed by atoms with Crippen molar-refractivity contribution in [3.63, 3.8) is 0 Å². The van der Waals surface area contributed by atoms with Crippen LogP contribution in [0.15, 0.2) is 12.3 Å². The van der Waals surface area contributed by atoms with E-state index in [4.69, 9.17) is 4.74 Å². The Morgan fingerprint density at radius 2 is 1.94 bits per heavy atom. The minimum atomic E-state index is 0.297. The Labute approximate surface area is 99.1 Å². The molecule has 0 aliphatic carbocycles. The van der Waals surface area contributed by atoms with Crippen LogP contribution >= 0.6 is 0 Å². The number of ether oxygens (including phenoxy) is 1. The lowest BCUT2D eigenvalue weighted by Gasteiger charge is -2.40. The quantitative estimate of drug-likeness (QED) is 0.726. The molecule has 0 N–H and O–H groups in total. The Morgan fingerprint density at radius 3 is 2.44 bits per heavy atom. The molecule has 2 fully saturated rings. The van der Waals surface area contributed by atoms with E-state index in [1.54, 1.807) is 0 Å². The van der Waals surface area contributed by atoms with E-state index in [1.165, 1.54) is 12.1 Å². The molecular weight excluding hydrogens is 200 g/mol. The van der Waals surface area contributed by atoms with Crippen molar-refractivity contribution in [2.24, 2.45) is 0 Å². The van der Waals surface area contributed by atoms with Crippen LogP contribution in [0.4, 0.5) is 0 Å². The molecule has 92 valence electrons. The Bertz CT molecular complexity index is 238. The van der Waals surface area contributed by atoms with Crippen molar-refractivity contribution >= 4 is 0 Å². The zero-order chi connectivity index (χ0) is 11.5. The van der Waals surface area contributed by atoms with Crippen molar-refractivity contribution in [1.29, 1.82) is 0 Å². The molecule has 0 aromatic carbocycles. The van der Waals surface area contributed by atoms with E-state index >= 15 is 0 Å². The lowest BCUT2D eigenvalue weighted by Crippen LogP contribution is -2.49. The SMILES string of the molecule is C=C([C@@H]1CCCO1)N1CCN(C(C)C)CC1. The number of hydrogen-bond acceptors (Lipinski definition) is 3. The molecule has 16 heavy (non-hydrogen) atoms. The Balaban J connectivity index is 1.81. The number of hydrogen-bond donors (Lipinski definition) is 0. The maximum absolute atomic E-state index is 5.69. The molecule has 0 aromatic heterocycles. The molecule has 2 aliphatic heterocycles. The van der Waals surface area contributed by atoms with E-state index < -0.39 is 0 Å². The van der Waals surface area contributed by atoms with Gasteiger partial charge in [0, 0.05) is 44.5 Å². The summed E-state index contributed by atoms with van der Waals surface area (Å²) in [6, 6.07) is 0.665. The number of piperazine rings is 1. The summed E-state index contributed by atoms with van der Waals surface area (Å²) in [6.45, 7) is 14.2. The van der Waals surface area contributed by atoms with Crippen LogP contribution in [0.5, 0.6) is 0 Å². The topological polar surface area (TPSA) is 15.7 Å². The molecule has 2 heterocycles. The molecule has 0 aromatic rings. The van der Waals surface area contributed by atoms with Gasteiger partial charge in [0.1, 0.15) is 0 Å². The highest BCUT2D eigenvalue weighted by Crippen LogP contribution is 2.22. The predicted octanol–water partition coefficient (Wildman–Crippen LogP) is 1.71. The molecule has 1 atom stereocenters. The molecule has 0 amide bonds. The van der Waals surface area contributed by atoms with Gasteiger partial charge >= 0.3 is 0 Å². The lowest BCUT2D eigenvalue weighted by molar-refractivity contribution is 0.0798. The zero-order valence-corrected chi connectivity index (χ0v) is 10.6. The van der Waals surface area contributed by atoms with Crippen LogP contribution in [0.25, 0.3) is 0 Å². The first-order chi connectivity index (χ1) is 7.68. The molecule has 2 aliphatic rings. The van der Waals surface area contributed by atoms with Crippen molar-refractivity contribution in [1.82, 2.24) is 9.80 Å². The second-order valence-corrected chi connectivity index (χ2v) is 5.11. The highest BCUT2D eigenvalue weighted by Gasteiger charge is 2.26. The maximum Gasteiger partial charge on any atom is 0.0966 e. The highest BCUT2D eigenvalue weighted by molar-refractivity contribution is 5.04. The van der Waals surface area contributed by atoms with Crippen LogP contribution in [-0.4, -0.2) is 54.7 Å². The lowest BCUT2D eigenvalue weighted by atomic mass is 10.1. The highest BCUT2D eigenvalue weighted by atomic mass is 16.5. The molecular formula is C13H24N2O. The first-order valence-electron chi connectivity index (χ1n) is 6.48. The average Bonchev–Trinajstić information content (AvgIpc) is 2.81. The van der Waals surface area contributed by atoms with Gasteiger partial charge in [0.25, 0.3) is 0 Å². The molecule has 3 nitrogen and oxygen atoms in total. The van der Waals surface area contributed by atoms with Crippen molar-refractivity contribution in [2.75, 3.05) is 32.8 Å². The average molecular weight is 224 g/mol. The largest absolute Gasteiger partial charge is 0.372 e. The van der Waals surface area contributed by atoms with Gasteiger partial charge in [-0.05, 0) is 26.7 Å². The van der Waals surface area contributed by atoms with Gasteiger partial charge in [-0.1, -0.05) is 6.58 Å². The molecule has 2 saturated heterocycles. The van der Waals surface area contributed by atoms with E-state index in [9.17, 15) is 0 Å². The molecule has 0 bridgehead atoms. The maximum atomic E-state index is 5.69. The van der Waals surface area contributed by atoms with Gasteiger partial charge in [0.2, 0.25) is 0 Å². The molecule has 0 unspecified atom stereocenters. The smallest absolute Gasteiger partial charge is 0.0966 e. The van der Waals surface area contributed by atoms with Gasteiger partial charge in [-0.25, -0.2) is 0 Å². The Hall–Kier alpha value is -0.540. The van der Waals surface area contributed by atoms with Gasteiger partial charge in [-0.3, -0.25) is 4.90 Å². The second-order valence-electron chi connectivity index (χ2n) is 5.11. The third-order valence-electron chi connectivity index (χ3n) is 3.75. The Morgan fingerprint density at radius 1 is 1.25 bits per heavy atom. The minimum absolute atomic E-state index is 0.297. The van der Waals surface area contributed by atoms with Gasteiger partial charge in [-0.2, -0.15) is 0 Å². The van der Waals surface area contributed by atoms with Crippen LogP contribution in [0.1, 0.15) is 26.7 Å². The summed E-state index contributed by atoms with van der Waals surface area (Å²) < 4.78 is 5.69. The van der Waals surface area contributed by atoms with Crippen LogP contribution in [-0.2, 0) is 4.74 Å². The van der Waals surface area contributed by atoms with E-state index in [0.29, 0.717) is 12.1 Å². The Kier molecular flexibility index (Phi) is 3.87. The normalized spacial score (nSPS) is 27.7. The van der Waals surface area contributed by atoms with E-state index in [-0.39, 0.29) is 0 Å². The van der Waals surface area contributed by atoms with E-state index in [2.05, 4.69) is 30.2 Å². The summed E-state index contributed by atoms with van der Waals surface area (Å²) in [4.78, 5) is 4.94.